The van der Waals surface area contributed by atoms with Gasteiger partial charge in [-0.15, -0.1) is 0 Å². The van der Waals surface area contributed by atoms with Crippen molar-refractivity contribution >= 4 is 45.4 Å². The maximum Gasteiger partial charge on any atom is 0.275 e. The average molecular weight is 955 g/mol. The number of amides is 2. The summed E-state index contributed by atoms with van der Waals surface area (Å²) in [4.78, 5) is 95.5. The molecule has 2 atom stereocenters. The number of hydrogen-bond acceptors (Lipinski definition) is 14. The van der Waals surface area contributed by atoms with Crippen LogP contribution in [0.4, 0.5) is 0 Å². The maximum atomic E-state index is 13.8. The first-order chi connectivity index (χ1) is 35.1. The number of hydrogen-bond donors (Lipinski definition) is 4. The van der Waals surface area contributed by atoms with Gasteiger partial charge in [0, 0.05) is 77.8 Å². The fourth-order valence-corrected chi connectivity index (χ4v) is 7.79. The molecule has 2 unspecified atom stereocenters. The summed E-state index contributed by atoms with van der Waals surface area (Å²) >= 11 is 0. The number of rotatable bonds is 17. The minimum absolute atomic E-state index is 0.0148. The second-order valence-corrected chi connectivity index (χ2v) is 16.8. The van der Waals surface area contributed by atoms with Crippen LogP contribution >= 0.6 is 0 Å². The zero-order valence-corrected chi connectivity index (χ0v) is 38.6. The average Bonchev–Trinajstić information content (AvgIpc) is 4.05. The van der Waals surface area contributed by atoms with Crippen molar-refractivity contribution in [1.82, 2.24) is 60.5 Å². The number of fused-ring (bicyclic) bond motifs is 2. The highest BCUT2D eigenvalue weighted by Crippen LogP contribution is 2.28. The van der Waals surface area contributed by atoms with Gasteiger partial charge in [-0.2, -0.15) is 0 Å². The Labute approximate surface area is 410 Å². The molecule has 0 bridgehead atoms. The standard InChI is InChI=1S/C54H42N12O6/c1-31(27-36-9-7-8-24-55-36)61-52(70)46-54(72-39-22-17-34(18-23-39)48(68)50-64-42-12-5-6-13-43(42)65-50)66-44(30-59-46)35-14-19-37(58-29-35)28-32(2)60-51(69)45-53(57-26-25-56-45)71-38-20-15-33(16-21-38)47(67)49-62-40-10-3-4-11-41(40)63-49/h3-26,29-32H,27-28H2,1-2H3,(H,60,69)(H,61,70)(H,62,63)(H,64,65). The van der Waals surface area contributed by atoms with Gasteiger partial charge in [0.25, 0.3) is 23.6 Å². The second kappa shape index (κ2) is 20.4. The quantitative estimate of drug-likeness (QED) is 0.0628. The van der Waals surface area contributed by atoms with Gasteiger partial charge >= 0.3 is 0 Å². The fourth-order valence-electron chi connectivity index (χ4n) is 7.79. The van der Waals surface area contributed by atoms with Crippen LogP contribution in [-0.4, -0.2) is 85.3 Å². The predicted molar refractivity (Wildman–Crippen MR) is 265 cm³/mol. The number of nitrogens with zero attached hydrogens (tertiary/aromatic N) is 8. The zero-order chi connectivity index (χ0) is 49.6. The van der Waals surface area contributed by atoms with E-state index < -0.39 is 17.9 Å². The molecule has 10 aromatic rings. The van der Waals surface area contributed by atoms with E-state index in [9.17, 15) is 19.2 Å². The van der Waals surface area contributed by atoms with Crippen LogP contribution in [-0.2, 0) is 12.8 Å². The number of pyridine rings is 2. The van der Waals surface area contributed by atoms with Crippen molar-refractivity contribution in [1.29, 1.82) is 0 Å². The van der Waals surface area contributed by atoms with Gasteiger partial charge in [-0.1, -0.05) is 30.3 Å². The van der Waals surface area contributed by atoms with Crippen molar-refractivity contribution in [3.63, 3.8) is 0 Å². The summed E-state index contributed by atoms with van der Waals surface area (Å²) in [6, 6.07) is 36.2. The minimum atomic E-state index is -0.510. The molecule has 0 radical (unpaired) electrons. The summed E-state index contributed by atoms with van der Waals surface area (Å²) in [5.41, 5.74) is 6.03. The summed E-state index contributed by atoms with van der Waals surface area (Å²) < 4.78 is 12.2. The second-order valence-electron chi connectivity index (χ2n) is 16.8. The van der Waals surface area contributed by atoms with Gasteiger partial charge < -0.3 is 30.1 Å². The summed E-state index contributed by atoms with van der Waals surface area (Å²) in [6.07, 6.45) is 8.44. The number of carbonyl (C=O) groups is 4. The molecule has 4 N–H and O–H groups in total. The van der Waals surface area contributed by atoms with Crippen LogP contribution in [0, 0.1) is 0 Å². The third-order valence-electron chi connectivity index (χ3n) is 11.3. The molecule has 0 saturated heterocycles. The number of carbonyl (C=O) groups excluding carboxylic acids is 4. The van der Waals surface area contributed by atoms with E-state index in [-0.39, 0.29) is 52.4 Å². The maximum absolute atomic E-state index is 13.8. The number of imidazole rings is 2. The van der Waals surface area contributed by atoms with E-state index in [1.807, 2.05) is 86.6 Å². The first kappa shape index (κ1) is 45.9. The Morgan fingerprint density at radius 1 is 0.500 bits per heavy atom. The molecule has 4 aromatic carbocycles. The molecule has 0 fully saturated rings. The van der Waals surface area contributed by atoms with Gasteiger partial charge in [0.1, 0.15) is 11.5 Å². The molecule has 0 aliphatic heterocycles. The molecule has 0 saturated carbocycles. The molecule has 10 rings (SSSR count). The van der Waals surface area contributed by atoms with E-state index in [4.69, 9.17) is 14.5 Å². The smallest absolute Gasteiger partial charge is 0.275 e. The highest BCUT2D eigenvalue weighted by atomic mass is 16.5. The van der Waals surface area contributed by atoms with Gasteiger partial charge in [-0.3, -0.25) is 29.1 Å². The Hall–Kier alpha value is -9.84. The van der Waals surface area contributed by atoms with E-state index in [0.717, 1.165) is 16.7 Å². The molecule has 0 spiro atoms. The number of ether oxygens (including phenoxy) is 2. The van der Waals surface area contributed by atoms with Crippen molar-refractivity contribution in [3.8, 4) is 34.5 Å². The van der Waals surface area contributed by atoms with E-state index in [1.165, 1.54) is 18.6 Å². The van der Waals surface area contributed by atoms with Crippen LogP contribution in [0.2, 0.25) is 0 Å². The van der Waals surface area contributed by atoms with E-state index in [1.54, 1.807) is 67.0 Å². The summed E-state index contributed by atoms with van der Waals surface area (Å²) in [7, 11) is 0. The molecule has 72 heavy (non-hydrogen) atoms. The van der Waals surface area contributed by atoms with Crippen molar-refractivity contribution in [3.05, 3.63) is 204 Å². The Balaban J connectivity index is 0.805. The van der Waals surface area contributed by atoms with Crippen molar-refractivity contribution < 1.29 is 28.7 Å². The topological polar surface area (TPSA) is 245 Å². The van der Waals surface area contributed by atoms with Crippen LogP contribution in [0.3, 0.4) is 0 Å². The molecule has 354 valence electrons. The summed E-state index contributed by atoms with van der Waals surface area (Å²) in [6.45, 7) is 3.70. The summed E-state index contributed by atoms with van der Waals surface area (Å²) in [5.74, 6) is -0.584. The lowest BCUT2D eigenvalue weighted by Crippen LogP contribution is -2.35. The van der Waals surface area contributed by atoms with Gasteiger partial charge in [-0.25, -0.2) is 29.9 Å². The molecular formula is C54H42N12O6. The third kappa shape index (κ3) is 10.4. The SMILES string of the molecule is CC(Cc1ccc(-c2cnc(C(=O)NC(C)Cc3ccccn3)c(Oc3ccc(C(=O)c4nc5ccccc5[nH]4)cc3)n2)cn1)NC(=O)c1nccnc1Oc1ccc(C(=O)c2nc3ccccc3[nH]2)cc1. The summed E-state index contributed by atoms with van der Waals surface area (Å²) in [5, 5.41) is 5.92. The molecular weight excluding hydrogens is 913 g/mol. The van der Waals surface area contributed by atoms with E-state index in [2.05, 4.69) is 55.5 Å². The van der Waals surface area contributed by atoms with Crippen molar-refractivity contribution in [2.24, 2.45) is 0 Å². The van der Waals surface area contributed by atoms with Gasteiger partial charge in [0.15, 0.2) is 23.0 Å². The monoisotopic (exact) mass is 954 g/mol. The fraction of sp³-hybridized carbons (Fsp3) is 0.111. The first-order valence-electron chi connectivity index (χ1n) is 22.8. The highest BCUT2D eigenvalue weighted by Gasteiger charge is 2.23. The number of aromatic amines is 2. The lowest BCUT2D eigenvalue weighted by Gasteiger charge is -2.16. The van der Waals surface area contributed by atoms with Crippen LogP contribution in [0.25, 0.3) is 33.3 Å². The molecule has 0 aliphatic rings. The minimum Gasteiger partial charge on any atom is -0.437 e. The number of ketones is 2. The van der Waals surface area contributed by atoms with E-state index >= 15 is 0 Å². The van der Waals surface area contributed by atoms with Gasteiger partial charge in [0.2, 0.25) is 11.6 Å². The van der Waals surface area contributed by atoms with Crippen LogP contribution in [0.5, 0.6) is 23.3 Å². The number of nitrogens with one attached hydrogen (secondary N) is 4. The lowest BCUT2D eigenvalue weighted by molar-refractivity contribution is 0.0922. The Bertz CT molecular complexity index is 3540. The normalized spacial score (nSPS) is 12.0. The Morgan fingerprint density at radius 3 is 1.57 bits per heavy atom. The molecule has 2 amide bonds. The predicted octanol–water partition coefficient (Wildman–Crippen LogP) is 8.24. The zero-order valence-electron chi connectivity index (χ0n) is 38.6. The van der Waals surface area contributed by atoms with E-state index in [0.29, 0.717) is 63.5 Å². The molecule has 6 aromatic heterocycles. The molecule has 18 nitrogen and oxygen atoms in total. The molecule has 18 heteroatoms. The van der Waals surface area contributed by atoms with Gasteiger partial charge in [-0.05, 0) is 111 Å². The van der Waals surface area contributed by atoms with Crippen LogP contribution in [0.1, 0.15) is 78.6 Å². The highest BCUT2D eigenvalue weighted by molar-refractivity contribution is 6.08. The Morgan fingerprint density at radius 2 is 1.03 bits per heavy atom. The number of H-pyrrole nitrogens is 2. The first-order valence-corrected chi connectivity index (χ1v) is 22.8. The largest absolute Gasteiger partial charge is 0.437 e. The number of para-hydroxylation sites is 4. The lowest BCUT2D eigenvalue weighted by atomic mass is 10.1. The number of aromatic nitrogens is 10. The van der Waals surface area contributed by atoms with Crippen LogP contribution < -0.4 is 20.1 Å². The van der Waals surface area contributed by atoms with Crippen molar-refractivity contribution in [2.45, 2.75) is 38.8 Å². The van der Waals surface area contributed by atoms with Crippen LogP contribution in [0.15, 0.2) is 158 Å². The molecule has 6 heterocycles. The van der Waals surface area contributed by atoms with Crippen molar-refractivity contribution in [2.75, 3.05) is 0 Å². The molecule has 0 aliphatic carbocycles. The number of benzene rings is 4. The third-order valence-corrected chi connectivity index (χ3v) is 11.3. The van der Waals surface area contributed by atoms with Gasteiger partial charge in [0.05, 0.1) is 34.0 Å². The Kier molecular flexibility index (Phi) is 13.0.